The number of halogens is 1. The molecule has 1 heterocycles. The Labute approximate surface area is 169 Å². The number of carbonyl (C=O) groups is 2. The molecule has 6 heteroatoms. The van der Waals surface area contributed by atoms with Crippen LogP contribution in [0.3, 0.4) is 0 Å². The summed E-state index contributed by atoms with van der Waals surface area (Å²) in [4.78, 5) is 25.7. The van der Waals surface area contributed by atoms with Crippen LogP contribution in [0, 0.1) is 0 Å². The second-order valence-electron chi connectivity index (χ2n) is 7.18. The highest BCUT2D eigenvalue weighted by Gasteiger charge is 2.29. The van der Waals surface area contributed by atoms with Crippen LogP contribution in [0.2, 0.25) is 5.02 Å². The number of aliphatic carboxylic acids is 1. The smallest absolute Gasteiger partial charge is 0.347 e. The van der Waals surface area contributed by atoms with E-state index in [1.807, 2.05) is 24.3 Å². The number of carboxylic acid groups (broad SMARTS) is 1. The van der Waals surface area contributed by atoms with E-state index in [0.717, 1.165) is 11.1 Å². The Hall–Kier alpha value is -2.79. The van der Waals surface area contributed by atoms with E-state index in [2.05, 4.69) is 0 Å². The summed E-state index contributed by atoms with van der Waals surface area (Å²) in [6.07, 6.45) is 2.74. The van der Waals surface area contributed by atoms with Gasteiger partial charge in [-0.25, -0.2) is 4.79 Å². The molecule has 0 fully saturated rings. The molecule has 0 bridgehead atoms. The summed E-state index contributed by atoms with van der Waals surface area (Å²) in [5.41, 5.74) is 1.39. The molecule has 0 aromatic heterocycles. The van der Waals surface area contributed by atoms with Crippen molar-refractivity contribution < 1.29 is 19.4 Å². The number of amides is 1. The Kier molecular flexibility index (Phi) is 5.75. The van der Waals surface area contributed by atoms with Crippen molar-refractivity contribution >= 4 is 29.1 Å². The maximum atomic E-state index is 12.6. The van der Waals surface area contributed by atoms with E-state index in [1.165, 1.54) is 13.8 Å². The summed E-state index contributed by atoms with van der Waals surface area (Å²) < 4.78 is 5.62. The van der Waals surface area contributed by atoms with Crippen LogP contribution in [0.1, 0.15) is 36.2 Å². The van der Waals surface area contributed by atoms with Crippen molar-refractivity contribution in [3.05, 3.63) is 70.8 Å². The Morgan fingerprint density at radius 1 is 1.14 bits per heavy atom. The fraction of sp³-hybridized carbons (Fsp3) is 0.273. The third-order valence-electron chi connectivity index (χ3n) is 4.68. The van der Waals surface area contributed by atoms with Gasteiger partial charge in [0.1, 0.15) is 5.75 Å². The van der Waals surface area contributed by atoms with Gasteiger partial charge in [0.2, 0.25) is 0 Å². The number of hydrogen-bond donors (Lipinski definition) is 1. The van der Waals surface area contributed by atoms with Crippen molar-refractivity contribution in [1.29, 1.82) is 0 Å². The lowest BCUT2D eigenvalue weighted by molar-refractivity contribution is -0.152. The standard InChI is InChI=1S/C22H22ClNO4/c1-22(2,21(26)27)28-19-5-3-4-17(14-19)15-10-12-24(13-11-15)20(25)16-6-8-18(23)9-7-16/h3-10,14H,11-13H2,1-2H3,(H,26,27). The third-order valence-corrected chi connectivity index (χ3v) is 4.93. The van der Waals surface area contributed by atoms with Crippen LogP contribution in [0.15, 0.2) is 54.6 Å². The summed E-state index contributed by atoms with van der Waals surface area (Å²) >= 11 is 5.88. The van der Waals surface area contributed by atoms with Gasteiger partial charge in [0.05, 0.1) is 0 Å². The van der Waals surface area contributed by atoms with Gasteiger partial charge < -0.3 is 14.7 Å². The lowest BCUT2D eigenvalue weighted by atomic mass is 9.98. The van der Waals surface area contributed by atoms with Gasteiger partial charge in [-0.1, -0.05) is 29.8 Å². The highest BCUT2D eigenvalue weighted by atomic mass is 35.5. The fourth-order valence-corrected chi connectivity index (χ4v) is 3.11. The van der Waals surface area contributed by atoms with Crippen molar-refractivity contribution in [3.8, 4) is 5.75 Å². The normalized spacial score (nSPS) is 14.4. The van der Waals surface area contributed by atoms with E-state index in [0.29, 0.717) is 35.8 Å². The van der Waals surface area contributed by atoms with E-state index in [9.17, 15) is 14.7 Å². The lowest BCUT2D eigenvalue weighted by Crippen LogP contribution is -2.37. The zero-order valence-electron chi connectivity index (χ0n) is 15.8. The van der Waals surface area contributed by atoms with Crippen LogP contribution in [0.4, 0.5) is 0 Å². The van der Waals surface area contributed by atoms with Gasteiger partial charge in [-0.05, 0) is 67.8 Å². The maximum absolute atomic E-state index is 12.6. The zero-order valence-corrected chi connectivity index (χ0v) is 16.6. The van der Waals surface area contributed by atoms with Gasteiger partial charge in [-0.15, -0.1) is 0 Å². The second-order valence-corrected chi connectivity index (χ2v) is 7.62. The molecule has 0 aliphatic carbocycles. The van der Waals surface area contributed by atoms with Crippen LogP contribution in [0.25, 0.3) is 5.57 Å². The molecule has 5 nitrogen and oxygen atoms in total. The molecule has 2 aromatic rings. The predicted octanol–water partition coefficient (Wildman–Crippen LogP) is 4.51. The largest absolute Gasteiger partial charge is 0.478 e. The number of ether oxygens (including phenoxy) is 1. The van der Waals surface area contributed by atoms with E-state index in [-0.39, 0.29) is 5.91 Å². The Balaban J connectivity index is 1.71. The van der Waals surface area contributed by atoms with Gasteiger partial charge in [0, 0.05) is 23.7 Å². The fourth-order valence-electron chi connectivity index (χ4n) is 2.99. The zero-order chi connectivity index (χ0) is 20.3. The summed E-state index contributed by atoms with van der Waals surface area (Å²) in [5.74, 6) is -0.538. The minimum atomic E-state index is -1.30. The summed E-state index contributed by atoms with van der Waals surface area (Å²) in [6.45, 7) is 4.16. The van der Waals surface area contributed by atoms with Gasteiger partial charge in [-0.3, -0.25) is 4.79 Å². The van der Waals surface area contributed by atoms with Crippen LogP contribution in [-0.4, -0.2) is 40.6 Å². The Morgan fingerprint density at radius 2 is 1.86 bits per heavy atom. The number of nitrogens with zero attached hydrogens (tertiary/aromatic N) is 1. The average molecular weight is 400 g/mol. The number of benzene rings is 2. The van der Waals surface area contributed by atoms with Crippen LogP contribution >= 0.6 is 11.6 Å². The van der Waals surface area contributed by atoms with Gasteiger partial charge >= 0.3 is 5.97 Å². The number of carbonyl (C=O) groups excluding carboxylic acids is 1. The monoisotopic (exact) mass is 399 g/mol. The first-order valence-electron chi connectivity index (χ1n) is 9.03. The summed E-state index contributed by atoms with van der Waals surface area (Å²) in [7, 11) is 0. The first-order chi connectivity index (χ1) is 13.3. The lowest BCUT2D eigenvalue weighted by Gasteiger charge is -2.27. The van der Waals surface area contributed by atoms with Crippen LogP contribution in [-0.2, 0) is 4.79 Å². The van der Waals surface area contributed by atoms with Gasteiger partial charge in [0.15, 0.2) is 5.60 Å². The Bertz CT molecular complexity index is 918. The topological polar surface area (TPSA) is 66.8 Å². The molecule has 0 saturated heterocycles. The molecule has 2 aromatic carbocycles. The molecular formula is C22H22ClNO4. The molecule has 146 valence electrons. The van der Waals surface area contributed by atoms with Gasteiger partial charge in [0.25, 0.3) is 5.91 Å². The molecule has 0 unspecified atom stereocenters. The van der Waals surface area contributed by atoms with E-state index >= 15 is 0 Å². The van der Waals surface area contributed by atoms with Crippen molar-refractivity contribution in [1.82, 2.24) is 4.90 Å². The molecule has 1 amide bonds. The quantitative estimate of drug-likeness (QED) is 0.803. The first kappa shape index (κ1) is 20.0. The predicted molar refractivity (Wildman–Crippen MR) is 109 cm³/mol. The third kappa shape index (κ3) is 4.54. The maximum Gasteiger partial charge on any atom is 0.347 e. The van der Waals surface area contributed by atoms with Crippen LogP contribution in [0.5, 0.6) is 5.75 Å². The molecule has 1 aliphatic heterocycles. The minimum absolute atomic E-state index is 0.0211. The van der Waals surface area contributed by atoms with Crippen molar-refractivity contribution in [2.24, 2.45) is 0 Å². The number of carboxylic acids is 1. The molecule has 0 radical (unpaired) electrons. The number of rotatable bonds is 5. The molecule has 1 N–H and O–H groups in total. The average Bonchev–Trinajstić information content (AvgIpc) is 2.68. The number of hydrogen-bond acceptors (Lipinski definition) is 3. The molecule has 0 saturated carbocycles. The second kappa shape index (κ2) is 8.07. The molecule has 3 rings (SSSR count). The molecule has 1 aliphatic rings. The molecule has 28 heavy (non-hydrogen) atoms. The SMILES string of the molecule is CC(C)(Oc1cccc(C2=CCN(C(=O)c3ccc(Cl)cc3)CC2)c1)C(=O)O. The van der Waals surface area contributed by atoms with Crippen molar-refractivity contribution in [3.63, 3.8) is 0 Å². The summed E-state index contributed by atoms with van der Waals surface area (Å²) in [5, 5.41) is 9.83. The van der Waals surface area contributed by atoms with E-state index < -0.39 is 11.6 Å². The van der Waals surface area contributed by atoms with E-state index in [1.54, 1.807) is 35.2 Å². The van der Waals surface area contributed by atoms with Gasteiger partial charge in [-0.2, -0.15) is 0 Å². The van der Waals surface area contributed by atoms with E-state index in [4.69, 9.17) is 16.3 Å². The molecular weight excluding hydrogens is 378 g/mol. The van der Waals surface area contributed by atoms with Crippen molar-refractivity contribution in [2.75, 3.05) is 13.1 Å². The first-order valence-corrected chi connectivity index (χ1v) is 9.41. The van der Waals surface area contributed by atoms with Crippen molar-refractivity contribution in [2.45, 2.75) is 25.9 Å². The molecule has 0 atom stereocenters. The van der Waals surface area contributed by atoms with Crippen LogP contribution < -0.4 is 4.74 Å². The molecule has 0 spiro atoms. The Morgan fingerprint density at radius 3 is 2.46 bits per heavy atom. The minimum Gasteiger partial charge on any atom is -0.478 e. The summed E-state index contributed by atoms with van der Waals surface area (Å²) in [6, 6.07) is 14.3. The highest BCUT2D eigenvalue weighted by molar-refractivity contribution is 6.30. The highest BCUT2D eigenvalue weighted by Crippen LogP contribution is 2.28.